The van der Waals surface area contributed by atoms with Crippen LogP contribution in [0, 0.1) is 11.3 Å². The predicted molar refractivity (Wildman–Crippen MR) is 137 cm³/mol. The molecule has 1 aliphatic heterocycles. The number of hydrogen-bond acceptors (Lipinski definition) is 5. The lowest BCUT2D eigenvalue weighted by molar-refractivity contribution is -0.123. The number of ether oxygens (including phenoxy) is 1. The molecule has 1 heterocycles. The lowest BCUT2D eigenvalue weighted by Gasteiger charge is -2.13. The molecule has 2 amide bonds. The zero-order valence-corrected chi connectivity index (χ0v) is 19.5. The summed E-state index contributed by atoms with van der Waals surface area (Å²) in [6.45, 7) is 0.528. The Hall–Kier alpha value is -4.34. The third kappa shape index (κ3) is 4.96. The van der Waals surface area contributed by atoms with Crippen molar-refractivity contribution in [2.45, 2.75) is 13.2 Å². The van der Waals surface area contributed by atoms with Crippen molar-refractivity contribution >= 4 is 39.8 Å². The number of hydrogen-bond donors (Lipinski definition) is 0. The average molecular weight is 477 g/mol. The standard InChI is InChI=1S/C29H20N2O3S/c30-17-24-7-3-4-8-25(24)18-31-28(32)27(35-29(31)33)16-20-10-13-26(14-11-20)34-19-21-9-12-22-5-1-2-6-23(22)15-21/h1-16H,18-19H2/b27-16-. The number of fused-ring (bicyclic) bond motifs is 1. The third-order valence-electron chi connectivity index (χ3n) is 5.74. The van der Waals surface area contributed by atoms with E-state index in [9.17, 15) is 14.9 Å². The summed E-state index contributed by atoms with van der Waals surface area (Å²) in [6.07, 6.45) is 1.70. The number of benzene rings is 4. The summed E-state index contributed by atoms with van der Waals surface area (Å²) in [6, 6.07) is 30.9. The van der Waals surface area contributed by atoms with E-state index in [1.807, 2.05) is 36.4 Å². The highest BCUT2D eigenvalue weighted by molar-refractivity contribution is 8.18. The van der Waals surface area contributed by atoms with Gasteiger partial charge in [0.1, 0.15) is 12.4 Å². The smallest absolute Gasteiger partial charge is 0.293 e. The van der Waals surface area contributed by atoms with Gasteiger partial charge in [-0.15, -0.1) is 0 Å². The largest absolute Gasteiger partial charge is 0.489 e. The Labute approximate surface area is 207 Å². The maximum absolute atomic E-state index is 12.9. The number of thioether (sulfide) groups is 1. The van der Waals surface area contributed by atoms with Crippen LogP contribution in [0.25, 0.3) is 16.8 Å². The van der Waals surface area contributed by atoms with Crippen molar-refractivity contribution in [1.82, 2.24) is 4.90 Å². The number of carbonyl (C=O) groups excluding carboxylic acids is 2. The van der Waals surface area contributed by atoms with Gasteiger partial charge in [0.2, 0.25) is 0 Å². The van der Waals surface area contributed by atoms with E-state index in [0.29, 0.717) is 22.6 Å². The van der Waals surface area contributed by atoms with Crippen LogP contribution in [0.1, 0.15) is 22.3 Å². The number of nitrogens with zero attached hydrogens (tertiary/aromatic N) is 2. The van der Waals surface area contributed by atoms with Crippen LogP contribution in [0.5, 0.6) is 5.75 Å². The molecule has 1 fully saturated rings. The first-order chi connectivity index (χ1) is 17.1. The molecule has 0 aromatic heterocycles. The highest BCUT2D eigenvalue weighted by Gasteiger charge is 2.35. The van der Waals surface area contributed by atoms with Crippen LogP contribution in [-0.2, 0) is 17.9 Å². The summed E-state index contributed by atoms with van der Waals surface area (Å²) in [5.41, 5.74) is 2.98. The third-order valence-corrected chi connectivity index (χ3v) is 6.64. The fraction of sp³-hybridized carbons (Fsp3) is 0.0690. The molecule has 35 heavy (non-hydrogen) atoms. The van der Waals surface area contributed by atoms with Crippen LogP contribution >= 0.6 is 11.8 Å². The molecule has 0 bridgehead atoms. The quantitative estimate of drug-likeness (QED) is 0.296. The molecule has 1 saturated heterocycles. The Morgan fingerprint density at radius 1 is 0.886 bits per heavy atom. The van der Waals surface area contributed by atoms with Crippen LogP contribution in [0.4, 0.5) is 4.79 Å². The van der Waals surface area contributed by atoms with Crippen molar-refractivity contribution in [1.29, 1.82) is 5.26 Å². The SMILES string of the molecule is N#Cc1ccccc1CN1C(=O)S/C(=C\c2ccc(OCc3ccc4ccccc4c3)cc2)C1=O. The van der Waals surface area contributed by atoms with Gasteiger partial charge < -0.3 is 4.74 Å². The van der Waals surface area contributed by atoms with Gasteiger partial charge in [0.25, 0.3) is 11.1 Å². The highest BCUT2D eigenvalue weighted by Crippen LogP contribution is 2.34. The van der Waals surface area contributed by atoms with Crippen molar-refractivity contribution < 1.29 is 14.3 Å². The molecule has 0 atom stereocenters. The molecule has 4 aromatic rings. The van der Waals surface area contributed by atoms with E-state index in [0.717, 1.165) is 28.6 Å². The highest BCUT2D eigenvalue weighted by atomic mass is 32.2. The van der Waals surface area contributed by atoms with Crippen molar-refractivity contribution in [3.05, 3.63) is 118 Å². The second-order valence-corrected chi connectivity index (χ2v) is 9.07. The fourth-order valence-corrected chi connectivity index (χ4v) is 4.72. The van der Waals surface area contributed by atoms with Crippen molar-refractivity contribution in [2.75, 3.05) is 0 Å². The minimum Gasteiger partial charge on any atom is -0.489 e. The van der Waals surface area contributed by atoms with Crippen LogP contribution in [0.2, 0.25) is 0 Å². The summed E-state index contributed by atoms with van der Waals surface area (Å²) in [5.74, 6) is 0.362. The van der Waals surface area contributed by atoms with Gasteiger partial charge in [-0.05, 0) is 69.6 Å². The van der Waals surface area contributed by atoms with E-state index in [-0.39, 0.29) is 17.7 Å². The zero-order valence-electron chi connectivity index (χ0n) is 18.7. The summed E-state index contributed by atoms with van der Waals surface area (Å²) >= 11 is 0.906. The molecule has 6 heteroatoms. The number of rotatable bonds is 6. The summed E-state index contributed by atoms with van der Waals surface area (Å²) in [4.78, 5) is 26.9. The molecule has 0 saturated carbocycles. The van der Waals surface area contributed by atoms with Gasteiger partial charge in [0.05, 0.1) is 23.1 Å². The maximum Gasteiger partial charge on any atom is 0.293 e. The molecule has 4 aromatic carbocycles. The lowest BCUT2D eigenvalue weighted by atomic mass is 10.1. The molecule has 170 valence electrons. The first-order valence-corrected chi connectivity index (χ1v) is 11.9. The minimum absolute atomic E-state index is 0.0767. The fourth-order valence-electron chi connectivity index (χ4n) is 3.88. The van der Waals surface area contributed by atoms with E-state index in [1.54, 1.807) is 30.3 Å². The molecule has 0 aliphatic carbocycles. The second-order valence-electron chi connectivity index (χ2n) is 8.08. The van der Waals surface area contributed by atoms with Gasteiger partial charge in [0.15, 0.2) is 0 Å². The van der Waals surface area contributed by atoms with Gasteiger partial charge in [-0.1, -0.05) is 66.7 Å². The van der Waals surface area contributed by atoms with Crippen molar-refractivity contribution in [2.24, 2.45) is 0 Å². The second kappa shape index (κ2) is 9.88. The molecule has 0 radical (unpaired) electrons. The maximum atomic E-state index is 12.9. The van der Waals surface area contributed by atoms with Gasteiger partial charge >= 0.3 is 0 Å². The number of carbonyl (C=O) groups is 2. The van der Waals surface area contributed by atoms with E-state index >= 15 is 0 Å². The number of amides is 2. The Morgan fingerprint density at radius 2 is 1.63 bits per heavy atom. The Morgan fingerprint density at radius 3 is 2.43 bits per heavy atom. The Balaban J connectivity index is 1.24. The van der Waals surface area contributed by atoms with Crippen LogP contribution in [0.15, 0.2) is 95.9 Å². The van der Waals surface area contributed by atoms with Crippen LogP contribution < -0.4 is 4.74 Å². The van der Waals surface area contributed by atoms with Crippen LogP contribution in [-0.4, -0.2) is 16.0 Å². The number of nitriles is 1. The zero-order chi connectivity index (χ0) is 24.2. The summed E-state index contributed by atoms with van der Waals surface area (Å²) in [5, 5.41) is 11.3. The topological polar surface area (TPSA) is 70.4 Å². The van der Waals surface area contributed by atoms with E-state index in [1.165, 1.54) is 15.7 Å². The van der Waals surface area contributed by atoms with Crippen LogP contribution in [0.3, 0.4) is 0 Å². The first-order valence-electron chi connectivity index (χ1n) is 11.0. The Kier molecular flexibility index (Phi) is 6.34. The first kappa shape index (κ1) is 22.5. The van der Waals surface area contributed by atoms with Gasteiger partial charge in [-0.25, -0.2) is 0 Å². The monoisotopic (exact) mass is 476 g/mol. The molecule has 5 rings (SSSR count). The molecular formula is C29H20N2O3S. The van der Waals surface area contributed by atoms with Crippen molar-refractivity contribution in [3.8, 4) is 11.8 Å². The molecule has 5 nitrogen and oxygen atoms in total. The predicted octanol–water partition coefficient (Wildman–Crippen LogP) is 6.53. The van der Waals surface area contributed by atoms with E-state index in [4.69, 9.17) is 4.74 Å². The summed E-state index contributed by atoms with van der Waals surface area (Å²) < 4.78 is 5.93. The minimum atomic E-state index is -0.357. The lowest BCUT2D eigenvalue weighted by Crippen LogP contribution is -2.27. The number of imide groups is 1. The molecule has 0 N–H and O–H groups in total. The molecule has 1 aliphatic rings. The van der Waals surface area contributed by atoms with Gasteiger partial charge in [-0.3, -0.25) is 14.5 Å². The Bertz CT molecular complexity index is 1500. The molecular weight excluding hydrogens is 456 g/mol. The summed E-state index contributed by atoms with van der Waals surface area (Å²) in [7, 11) is 0. The van der Waals surface area contributed by atoms with Gasteiger partial charge in [0, 0.05) is 0 Å². The molecule has 0 unspecified atom stereocenters. The normalized spacial score (nSPS) is 14.5. The van der Waals surface area contributed by atoms with Gasteiger partial charge in [-0.2, -0.15) is 5.26 Å². The van der Waals surface area contributed by atoms with E-state index < -0.39 is 0 Å². The molecule has 0 spiro atoms. The van der Waals surface area contributed by atoms with Crippen molar-refractivity contribution in [3.63, 3.8) is 0 Å². The van der Waals surface area contributed by atoms with E-state index in [2.05, 4.69) is 36.4 Å². The average Bonchev–Trinajstić information content (AvgIpc) is 3.15.